The quantitative estimate of drug-likeness (QED) is 0.742. The van der Waals surface area contributed by atoms with Gasteiger partial charge in [-0.1, -0.05) is 12.1 Å². The lowest BCUT2D eigenvalue weighted by atomic mass is 10.1. The second kappa shape index (κ2) is 6.12. The van der Waals surface area contributed by atoms with Crippen LogP contribution in [0.2, 0.25) is 0 Å². The zero-order valence-corrected chi connectivity index (χ0v) is 13.5. The summed E-state index contributed by atoms with van der Waals surface area (Å²) in [6.45, 7) is 4.18. The Hall–Kier alpha value is -2.82. The lowest BCUT2D eigenvalue weighted by Crippen LogP contribution is -2.26. The monoisotopic (exact) mass is 309 g/mol. The number of nitrogens with zero attached hydrogens (tertiary/aromatic N) is 3. The minimum absolute atomic E-state index is 0.0381. The maximum Gasteiger partial charge on any atom is 0.257 e. The highest BCUT2D eigenvalue weighted by molar-refractivity contribution is 5.95. The molecule has 0 aliphatic rings. The Morgan fingerprint density at radius 1 is 1.26 bits per heavy atom. The molecule has 0 saturated heterocycles. The van der Waals surface area contributed by atoms with Crippen molar-refractivity contribution in [2.45, 2.75) is 20.4 Å². The Labute approximate surface area is 135 Å². The van der Waals surface area contributed by atoms with Crippen LogP contribution < -0.4 is 0 Å². The molecule has 2 aromatic heterocycles. The van der Waals surface area contributed by atoms with E-state index in [1.165, 1.54) is 0 Å². The molecule has 5 nitrogen and oxygen atoms in total. The van der Waals surface area contributed by atoms with E-state index in [0.29, 0.717) is 17.9 Å². The van der Waals surface area contributed by atoms with Gasteiger partial charge in [0.2, 0.25) is 0 Å². The lowest BCUT2D eigenvalue weighted by Gasteiger charge is -2.17. The van der Waals surface area contributed by atoms with Gasteiger partial charge in [0.15, 0.2) is 0 Å². The maximum absolute atomic E-state index is 12.5. The van der Waals surface area contributed by atoms with Crippen molar-refractivity contribution in [3.05, 3.63) is 71.4 Å². The molecule has 0 N–H and O–H groups in total. The van der Waals surface area contributed by atoms with Crippen LogP contribution in [0, 0.1) is 13.8 Å². The van der Waals surface area contributed by atoms with Crippen molar-refractivity contribution in [1.29, 1.82) is 0 Å². The van der Waals surface area contributed by atoms with Crippen LogP contribution in [-0.2, 0) is 6.54 Å². The molecule has 2 heterocycles. The predicted octanol–water partition coefficient (Wildman–Crippen LogP) is 3.35. The third-order valence-electron chi connectivity index (χ3n) is 3.72. The van der Waals surface area contributed by atoms with Crippen LogP contribution in [0.4, 0.5) is 0 Å². The Kier molecular flexibility index (Phi) is 4.02. The molecule has 3 rings (SSSR count). The van der Waals surface area contributed by atoms with E-state index >= 15 is 0 Å². The van der Waals surface area contributed by atoms with Gasteiger partial charge in [-0.25, -0.2) is 4.68 Å². The van der Waals surface area contributed by atoms with Gasteiger partial charge in [-0.2, -0.15) is 5.10 Å². The molecular formula is C18H19N3O2. The number of aromatic nitrogens is 2. The summed E-state index contributed by atoms with van der Waals surface area (Å²) >= 11 is 0. The molecule has 0 aliphatic heterocycles. The van der Waals surface area contributed by atoms with Gasteiger partial charge in [-0.3, -0.25) is 4.79 Å². The summed E-state index contributed by atoms with van der Waals surface area (Å²) in [7, 11) is 1.80. The average molecular weight is 309 g/mol. The van der Waals surface area contributed by atoms with Gasteiger partial charge in [0.05, 0.1) is 11.3 Å². The predicted molar refractivity (Wildman–Crippen MR) is 87.5 cm³/mol. The minimum Gasteiger partial charge on any atom is -0.466 e. The van der Waals surface area contributed by atoms with Crippen LogP contribution in [0.1, 0.15) is 27.4 Å². The fourth-order valence-corrected chi connectivity index (χ4v) is 2.61. The van der Waals surface area contributed by atoms with E-state index in [1.807, 2.05) is 50.4 Å². The largest absolute Gasteiger partial charge is 0.466 e. The van der Waals surface area contributed by atoms with E-state index in [0.717, 1.165) is 17.0 Å². The van der Waals surface area contributed by atoms with Gasteiger partial charge >= 0.3 is 0 Å². The van der Waals surface area contributed by atoms with Crippen LogP contribution in [0.3, 0.4) is 0 Å². The molecule has 1 amide bonds. The van der Waals surface area contributed by atoms with Crippen LogP contribution in [0.15, 0.2) is 53.2 Å². The molecule has 0 atom stereocenters. The number of hydrogen-bond acceptors (Lipinski definition) is 3. The Morgan fingerprint density at radius 3 is 2.74 bits per heavy atom. The summed E-state index contributed by atoms with van der Waals surface area (Å²) in [5.74, 6) is 1.37. The Balaban J connectivity index is 1.78. The van der Waals surface area contributed by atoms with Gasteiger partial charge in [-0.15, -0.1) is 0 Å². The second-order valence-corrected chi connectivity index (χ2v) is 5.61. The number of furan rings is 1. The van der Waals surface area contributed by atoms with Crippen LogP contribution in [0.25, 0.3) is 5.69 Å². The van der Waals surface area contributed by atoms with E-state index in [-0.39, 0.29) is 5.91 Å². The molecule has 0 fully saturated rings. The number of hydrogen-bond donors (Lipinski definition) is 0. The van der Waals surface area contributed by atoms with Crippen molar-refractivity contribution in [2.75, 3.05) is 7.05 Å². The van der Waals surface area contributed by atoms with Gasteiger partial charge in [0, 0.05) is 26.0 Å². The average Bonchev–Trinajstić information content (AvgIpc) is 3.16. The number of amides is 1. The van der Waals surface area contributed by atoms with E-state index in [9.17, 15) is 4.79 Å². The minimum atomic E-state index is -0.0381. The topological polar surface area (TPSA) is 51.3 Å². The van der Waals surface area contributed by atoms with Crippen molar-refractivity contribution in [3.63, 3.8) is 0 Å². The fourth-order valence-electron chi connectivity index (χ4n) is 2.61. The van der Waals surface area contributed by atoms with E-state index in [2.05, 4.69) is 5.10 Å². The molecular weight excluding hydrogens is 290 g/mol. The summed E-state index contributed by atoms with van der Waals surface area (Å²) in [6.07, 6.45) is 3.64. The number of rotatable bonds is 4. The zero-order valence-electron chi connectivity index (χ0n) is 13.5. The van der Waals surface area contributed by atoms with Gasteiger partial charge < -0.3 is 9.32 Å². The zero-order chi connectivity index (χ0) is 16.4. The highest BCUT2D eigenvalue weighted by Gasteiger charge is 2.17. The highest BCUT2D eigenvalue weighted by Crippen LogP contribution is 2.17. The number of aryl methyl sites for hydroxylation is 2. The molecule has 0 radical (unpaired) electrons. The van der Waals surface area contributed by atoms with Gasteiger partial charge in [-0.05, 0) is 43.7 Å². The molecule has 5 heteroatoms. The second-order valence-electron chi connectivity index (χ2n) is 5.61. The fraction of sp³-hybridized carbons (Fsp3) is 0.222. The standard InChI is InChI=1S/C18H19N3O2/c1-13-10-17(14(2)23-13)18(22)20(3)12-15-6-4-7-16(11-15)21-9-5-8-19-21/h4-11H,12H2,1-3H3. The number of benzene rings is 1. The molecule has 0 saturated carbocycles. The summed E-state index contributed by atoms with van der Waals surface area (Å²) < 4.78 is 7.25. The molecule has 1 aromatic carbocycles. The lowest BCUT2D eigenvalue weighted by molar-refractivity contribution is 0.0783. The van der Waals surface area contributed by atoms with Crippen LogP contribution in [0.5, 0.6) is 0 Å². The summed E-state index contributed by atoms with van der Waals surface area (Å²) in [5.41, 5.74) is 2.64. The van der Waals surface area contributed by atoms with Crippen molar-refractivity contribution < 1.29 is 9.21 Å². The molecule has 3 aromatic rings. The summed E-state index contributed by atoms with van der Waals surface area (Å²) in [5, 5.41) is 4.23. The van der Waals surface area contributed by atoms with Crippen molar-refractivity contribution >= 4 is 5.91 Å². The summed E-state index contributed by atoms with van der Waals surface area (Å²) in [6, 6.07) is 11.7. The molecule has 0 spiro atoms. The summed E-state index contributed by atoms with van der Waals surface area (Å²) in [4.78, 5) is 14.2. The first kappa shape index (κ1) is 15.1. The highest BCUT2D eigenvalue weighted by atomic mass is 16.3. The van der Waals surface area contributed by atoms with Crippen LogP contribution >= 0.6 is 0 Å². The Bertz CT molecular complexity index is 819. The smallest absolute Gasteiger partial charge is 0.257 e. The van der Waals surface area contributed by atoms with Crippen LogP contribution in [-0.4, -0.2) is 27.6 Å². The van der Waals surface area contributed by atoms with E-state index in [4.69, 9.17) is 4.42 Å². The van der Waals surface area contributed by atoms with E-state index < -0.39 is 0 Å². The van der Waals surface area contributed by atoms with Crippen molar-refractivity contribution in [1.82, 2.24) is 14.7 Å². The van der Waals surface area contributed by atoms with Gasteiger partial charge in [0.25, 0.3) is 5.91 Å². The molecule has 0 bridgehead atoms. The number of carbonyl (C=O) groups excluding carboxylic acids is 1. The molecule has 0 aliphatic carbocycles. The molecule has 0 unspecified atom stereocenters. The van der Waals surface area contributed by atoms with E-state index in [1.54, 1.807) is 28.9 Å². The number of carbonyl (C=O) groups is 1. The first-order chi connectivity index (χ1) is 11.0. The van der Waals surface area contributed by atoms with Crippen molar-refractivity contribution in [2.24, 2.45) is 0 Å². The first-order valence-corrected chi connectivity index (χ1v) is 7.46. The third-order valence-corrected chi connectivity index (χ3v) is 3.72. The normalized spacial score (nSPS) is 10.7. The molecule has 23 heavy (non-hydrogen) atoms. The third kappa shape index (κ3) is 3.18. The van der Waals surface area contributed by atoms with Gasteiger partial charge in [0.1, 0.15) is 11.5 Å². The Morgan fingerprint density at radius 2 is 2.09 bits per heavy atom. The van der Waals surface area contributed by atoms with Crippen molar-refractivity contribution in [3.8, 4) is 5.69 Å². The maximum atomic E-state index is 12.5. The SMILES string of the molecule is Cc1cc(C(=O)N(C)Cc2cccc(-n3cccn3)c2)c(C)o1. The molecule has 118 valence electrons. The first-order valence-electron chi connectivity index (χ1n) is 7.46.